The van der Waals surface area contributed by atoms with Gasteiger partial charge in [0.1, 0.15) is 0 Å². The molecule has 0 fully saturated rings. The third kappa shape index (κ3) is 1.71. The fourth-order valence-corrected chi connectivity index (χ4v) is 4.53. The van der Waals surface area contributed by atoms with Crippen LogP contribution in [0.1, 0.15) is 0 Å². The van der Waals surface area contributed by atoms with Crippen molar-refractivity contribution in [3.05, 3.63) is 16.1 Å². The maximum absolute atomic E-state index is 5.65. The van der Waals surface area contributed by atoms with E-state index in [-0.39, 0.29) is 0 Å². The van der Waals surface area contributed by atoms with Crippen LogP contribution in [0.3, 0.4) is 0 Å². The van der Waals surface area contributed by atoms with Gasteiger partial charge in [-0.25, -0.2) is 0 Å². The Morgan fingerprint density at radius 2 is 1.11 bits per heavy atom. The molecule has 1 heterocycles. The molecule has 0 nitrogen and oxygen atoms in total. The Hall–Kier alpha value is 1.43. The Morgan fingerprint density at radius 1 is 0.778 bits per heavy atom. The molecule has 0 saturated carbocycles. The summed E-state index contributed by atoms with van der Waals surface area (Å²) in [5.41, 5.74) is 0. The molecule has 0 aliphatic rings. The molecule has 1 aromatic rings. The van der Waals surface area contributed by atoms with Crippen LogP contribution >= 0.6 is 46.4 Å². The van der Waals surface area contributed by atoms with Crippen molar-refractivity contribution >= 4 is 66.8 Å². The predicted molar refractivity (Wildman–Crippen MR) is 43.4 cm³/mol. The van der Waals surface area contributed by atoms with E-state index in [9.17, 15) is 0 Å². The van der Waals surface area contributed by atoms with Crippen LogP contribution in [0, 0.1) is 0 Å². The Kier molecular flexibility index (Phi) is 3.05. The van der Waals surface area contributed by atoms with Gasteiger partial charge in [0, 0.05) is 0 Å². The summed E-state index contributed by atoms with van der Waals surface area (Å²) < 4.78 is 1.30. The second kappa shape index (κ2) is 3.22. The van der Waals surface area contributed by atoms with E-state index in [1.807, 2.05) is 0 Å². The van der Waals surface area contributed by atoms with Crippen LogP contribution in [-0.4, -0.2) is 20.4 Å². The average Bonchev–Trinajstić information content (AvgIpc) is 1.98. The van der Waals surface area contributed by atoms with E-state index in [2.05, 4.69) is 0 Å². The topological polar surface area (TPSA) is 0 Å². The molecule has 0 bridgehead atoms. The van der Waals surface area contributed by atoms with Crippen LogP contribution in [0.2, 0.25) is 16.1 Å². The van der Waals surface area contributed by atoms with E-state index in [0.717, 1.165) is 0 Å². The summed E-state index contributed by atoms with van der Waals surface area (Å²) in [6, 6.07) is 0. The van der Waals surface area contributed by atoms with Gasteiger partial charge in [-0.3, -0.25) is 0 Å². The molecule has 0 amide bonds. The summed E-state index contributed by atoms with van der Waals surface area (Å²) in [5.74, 6) is 0. The van der Waals surface area contributed by atoms with Crippen LogP contribution in [0.25, 0.3) is 0 Å². The predicted octanol–water partition coefficient (Wildman–Crippen LogP) is 3.36. The van der Waals surface area contributed by atoms with Crippen molar-refractivity contribution in [3.8, 4) is 0 Å². The molecule has 0 aliphatic carbocycles. The average molecular weight is 317 g/mol. The molecular formula is C4Cl4Te. The molecule has 0 radical (unpaired) electrons. The zero-order valence-electron chi connectivity index (χ0n) is 3.92. The van der Waals surface area contributed by atoms with E-state index in [0.29, 0.717) is 16.1 Å². The number of rotatable bonds is 0. The monoisotopic (exact) mass is 318 g/mol. The molecular weight excluding hydrogens is 317 g/mol. The van der Waals surface area contributed by atoms with Crippen LogP contribution < -0.4 is 0 Å². The van der Waals surface area contributed by atoms with Gasteiger partial charge in [-0.2, -0.15) is 0 Å². The van der Waals surface area contributed by atoms with E-state index in [4.69, 9.17) is 46.4 Å². The van der Waals surface area contributed by atoms with Crippen LogP contribution in [0.5, 0.6) is 0 Å². The Labute approximate surface area is 82.3 Å². The Morgan fingerprint density at radius 3 is 1.22 bits per heavy atom. The number of hydrogen-bond donors (Lipinski definition) is 0. The van der Waals surface area contributed by atoms with Gasteiger partial charge in [-0.05, 0) is 0 Å². The SMILES string of the molecule is Clc1[te]c(Cl)c(Cl)c1Cl. The fourth-order valence-electron chi connectivity index (χ4n) is 0.341. The van der Waals surface area contributed by atoms with Gasteiger partial charge in [0.05, 0.1) is 0 Å². The molecule has 0 unspecified atom stereocenters. The van der Waals surface area contributed by atoms with E-state index in [1.54, 1.807) is 0 Å². The van der Waals surface area contributed by atoms with Crippen molar-refractivity contribution < 1.29 is 0 Å². The molecule has 0 aliphatic heterocycles. The fraction of sp³-hybridized carbons (Fsp3) is 0. The van der Waals surface area contributed by atoms with E-state index in [1.165, 1.54) is 0 Å². The summed E-state index contributed by atoms with van der Waals surface area (Å²) in [4.78, 5) is 0. The van der Waals surface area contributed by atoms with Gasteiger partial charge in [-0.15, -0.1) is 0 Å². The van der Waals surface area contributed by atoms with Gasteiger partial charge < -0.3 is 0 Å². The van der Waals surface area contributed by atoms with E-state index >= 15 is 0 Å². The van der Waals surface area contributed by atoms with Crippen molar-refractivity contribution in [3.63, 3.8) is 0 Å². The van der Waals surface area contributed by atoms with Crippen LogP contribution in [0.4, 0.5) is 0 Å². The third-order valence-electron chi connectivity index (χ3n) is 0.717. The summed E-state index contributed by atoms with van der Waals surface area (Å²) in [5, 5.41) is 0.872. The molecule has 1 rings (SSSR count). The molecule has 0 spiro atoms. The van der Waals surface area contributed by atoms with E-state index < -0.39 is 20.4 Å². The van der Waals surface area contributed by atoms with Gasteiger partial charge in [0.2, 0.25) is 0 Å². The van der Waals surface area contributed by atoms with Crippen molar-refractivity contribution in [1.29, 1.82) is 0 Å². The second-order valence-corrected chi connectivity index (χ2v) is 7.11. The molecule has 0 aromatic carbocycles. The zero-order valence-corrected chi connectivity index (χ0v) is 9.27. The van der Waals surface area contributed by atoms with Crippen molar-refractivity contribution in [2.75, 3.05) is 0 Å². The normalized spacial score (nSPS) is 10.2. The van der Waals surface area contributed by atoms with Crippen LogP contribution in [-0.2, 0) is 0 Å². The Balaban J connectivity index is 3.29. The van der Waals surface area contributed by atoms with Gasteiger partial charge in [0.15, 0.2) is 0 Å². The molecule has 0 saturated heterocycles. The first-order valence-electron chi connectivity index (χ1n) is 1.91. The molecule has 9 heavy (non-hydrogen) atoms. The minimum atomic E-state index is -0.603. The third-order valence-corrected chi connectivity index (χ3v) is 6.07. The summed E-state index contributed by atoms with van der Waals surface area (Å²) in [6.45, 7) is 0. The standard InChI is InChI=1S/C4Cl4Te/c5-1-2(6)4(8)9-3(1)7. The van der Waals surface area contributed by atoms with Crippen molar-refractivity contribution in [2.45, 2.75) is 0 Å². The summed E-state index contributed by atoms with van der Waals surface area (Å²) >= 11 is 21.9. The molecule has 0 atom stereocenters. The zero-order chi connectivity index (χ0) is 7.02. The summed E-state index contributed by atoms with van der Waals surface area (Å²) in [7, 11) is 0. The first-order chi connectivity index (χ1) is 4.13. The first-order valence-corrected chi connectivity index (χ1v) is 5.76. The van der Waals surface area contributed by atoms with Gasteiger partial charge in [-0.1, -0.05) is 0 Å². The second-order valence-electron chi connectivity index (χ2n) is 1.28. The van der Waals surface area contributed by atoms with Crippen molar-refractivity contribution in [1.82, 2.24) is 0 Å². The minimum absolute atomic E-state index is 0.436. The van der Waals surface area contributed by atoms with Gasteiger partial charge >= 0.3 is 83.0 Å². The molecule has 1 aromatic heterocycles. The Bertz CT molecular complexity index is 206. The molecule has 5 heteroatoms. The molecule has 50 valence electrons. The molecule has 0 N–H and O–H groups in total. The number of halogens is 4. The van der Waals surface area contributed by atoms with Crippen molar-refractivity contribution in [2.24, 2.45) is 0 Å². The van der Waals surface area contributed by atoms with Gasteiger partial charge in [0.25, 0.3) is 0 Å². The first kappa shape index (κ1) is 8.53. The summed E-state index contributed by atoms with van der Waals surface area (Å²) in [6.07, 6.45) is 0. The number of hydrogen-bond acceptors (Lipinski definition) is 0. The van der Waals surface area contributed by atoms with Crippen LogP contribution in [0.15, 0.2) is 0 Å². The maximum atomic E-state index is 5.65. The quantitative estimate of drug-likeness (QED) is 0.644.